The number of thiazole rings is 1. The zero-order valence-electron chi connectivity index (χ0n) is 13.5. The lowest BCUT2D eigenvalue weighted by molar-refractivity contribution is -0.115. The van der Waals surface area contributed by atoms with Gasteiger partial charge in [-0.3, -0.25) is 4.79 Å². The second-order valence-electron chi connectivity index (χ2n) is 4.96. The normalized spacial score (nSPS) is 10.6. The van der Waals surface area contributed by atoms with Gasteiger partial charge in [0.1, 0.15) is 5.75 Å². The van der Waals surface area contributed by atoms with Crippen molar-refractivity contribution in [2.24, 2.45) is 0 Å². The molecule has 2 rings (SSSR count). The summed E-state index contributed by atoms with van der Waals surface area (Å²) in [6.07, 6.45) is 0. The van der Waals surface area contributed by atoms with E-state index in [1.165, 1.54) is 11.3 Å². The van der Waals surface area contributed by atoms with Crippen LogP contribution in [0.1, 0.15) is 5.56 Å². The van der Waals surface area contributed by atoms with Gasteiger partial charge in [-0.1, -0.05) is 11.6 Å². The first kappa shape index (κ1) is 17.4. The number of benzene rings is 1. The third-order valence-electron chi connectivity index (χ3n) is 3.15. The zero-order chi connectivity index (χ0) is 16.7. The number of nitrogens with zero attached hydrogens (tertiary/aromatic N) is 1. The van der Waals surface area contributed by atoms with Crippen molar-refractivity contribution in [2.45, 2.75) is 6.92 Å². The van der Waals surface area contributed by atoms with Crippen LogP contribution in [0.3, 0.4) is 0 Å². The predicted octanol–water partition coefficient (Wildman–Crippen LogP) is 2.30. The molecule has 0 aliphatic heterocycles. The van der Waals surface area contributed by atoms with E-state index in [1.54, 1.807) is 14.2 Å². The van der Waals surface area contributed by atoms with Crippen molar-refractivity contribution in [3.05, 3.63) is 29.1 Å². The predicted molar refractivity (Wildman–Crippen MR) is 92.2 cm³/mol. The van der Waals surface area contributed by atoms with Gasteiger partial charge in [-0.2, -0.15) is 0 Å². The Labute approximate surface area is 139 Å². The number of carbonyl (C=O) groups is 1. The lowest BCUT2D eigenvalue weighted by Gasteiger charge is -2.07. The molecular formula is C16H21N3O3S. The van der Waals surface area contributed by atoms with Gasteiger partial charge in [0.15, 0.2) is 5.13 Å². The number of ether oxygens (including phenoxy) is 2. The standard InChI is InChI=1S/C16H21N3O3S/c1-11-4-5-14(22-3)12(8-11)13-10-23-16(18-13)19-15(20)9-17-6-7-21-2/h4-5,8,10,17H,6-7,9H2,1-3H3,(H,18,19,20). The minimum Gasteiger partial charge on any atom is -0.496 e. The molecule has 7 heteroatoms. The van der Waals surface area contributed by atoms with Crippen LogP contribution in [-0.4, -0.2) is 44.8 Å². The number of anilines is 1. The number of carbonyl (C=O) groups excluding carboxylic acids is 1. The Morgan fingerprint density at radius 3 is 2.91 bits per heavy atom. The van der Waals surface area contributed by atoms with Crippen LogP contribution in [0, 0.1) is 6.92 Å². The van der Waals surface area contributed by atoms with Gasteiger partial charge >= 0.3 is 0 Å². The molecule has 2 aromatic rings. The van der Waals surface area contributed by atoms with E-state index in [4.69, 9.17) is 9.47 Å². The first-order valence-electron chi connectivity index (χ1n) is 7.24. The van der Waals surface area contributed by atoms with Gasteiger partial charge in [-0.15, -0.1) is 11.3 Å². The fourth-order valence-corrected chi connectivity index (χ4v) is 2.74. The van der Waals surface area contributed by atoms with E-state index in [0.29, 0.717) is 18.3 Å². The highest BCUT2D eigenvalue weighted by Gasteiger charge is 2.11. The molecule has 1 amide bonds. The van der Waals surface area contributed by atoms with Crippen LogP contribution in [0.5, 0.6) is 5.75 Å². The van der Waals surface area contributed by atoms with Crippen molar-refractivity contribution >= 4 is 22.4 Å². The fourth-order valence-electron chi connectivity index (χ4n) is 2.02. The first-order valence-corrected chi connectivity index (χ1v) is 8.12. The molecule has 2 N–H and O–H groups in total. The molecule has 0 saturated carbocycles. The molecule has 0 fully saturated rings. The van der Waals surface area contributed by atoms with Crippen LogP contribution in [0.25, 0.3) is 11.3 Å². The highest BCUT2D eigenvalue weighted by atomic mass is 32.1. The van der Waals surface area contributed by atoms with E-state index in [1.807, 2.05) is 30.5 Å². The molecule has 0 aliphatic carbocycles. The molecule has 6 nitrogen and oxygen atoms in total. The van der Waals surface area contributed by atoms with Crippen molar-refractivity contribution in [3.63, 3.8) is 0 Å². The molecule has 0 atom stereocenters. The van der Waals surface area contributed by atoms with Crippen molar-refractivity contribution in [1.82, 2.24) is 10.3 Å². The Morgan fingerprint density at radius 2 is 2.17 bits per heavy atom. The molecule has 0 aliphatic rings. The summed E-state index contributed by atoms with van der Waals surface area (Å²) < 4.78 is 10.3. The molecule has 0 spiro atoms. The van der Waals surface area contributed by atoms with Crippen molar-refractivity contribution in [2.75, 3.05) is 39.2 Å². The molecule has 23 heavy (non-hydrogen) atoms. The summed E-state index contributed by atoms with van der Waals surface area (Å²) in [5.74, 6) is 0.637. The summed E-state index contributed by atoms with van der Waals surface area (Å²) in [6, 6.07) is 5.93. The molecule has 0 unspecified atom stereocenters. The summed E-state index contributed by atoms with van der Waals surface area (Å²) in [5, 5.41) is 8.26. The highest BCUT2D eigenvalue weighted by molar-refractivity contribution is 7.14. The number of methoxy groups -OCH3 is 2. The molecular weight excluding hydrogens is 314 g/mol. The van der Waals surface area contributed by atoms with Gasteiger partial charge in [-0.05, 0) is 19.1 Å². The van der Waals surface area contributed by atoms with Gasteiger partial charge < -0.3 is 20.1 Å². The maximum atomic E-state index is 11.8. The second-order valence-corrected chi connectivity index (χ2v) is 5.82. The number of nitrogens with one attached hydrogen (secondary N) is 2. The summed E-state index contributed by atoms with van der Waals surface area (Å²) in [5.41, 5.74) is 2.84. The number of rotatable bonds is 8. The SMILES string of the molecule is COCCNCC(=O)Nc1nc(-c2cc(C)ccc2OC)cs1. The van der Waals surface area contributed by atoms with E-state index >= 15 is 0 Å². The van der Waals surface area contributed by atoms with Crippen molar-refractivity contribution in [1.29, 1.82) is 0 Å². The Hall–Kier alpha value is -1.96. The maximum Gasteiger partial charge on any atom is 0.240 e. The molecule has 0 radical (unpaired) electrons. The van der Waals surface area contributed by atoms with Crippen LogP contribution < -0.4 is 15.4 Å². The molecule has 0 bridgehead atoms. The van der Waals surface area contributed by atoms with E-state index in [-0.39, 0.29) is 12.5 Å². The van der Waals surface area contributed by atoms with Crippen molar-refractivity contribution < 1.29 is 14.3 Å². The molecule has 124 valence electrons. The lowest BCUT2D eigenvalue weighted by Crippen LogP contribution is -2.30. The monoisotopic (exact) mass is 335 g/mol. The average Bonchev–Trinajstić information content (AvgIpc) is 3.00. The van der Waals surface area contributed by atoms with E-state index in [9.17, 15) is 4.79 Å². The maximum absolute atomic E-state index is 11.8. The Kier molecular flexibility index (Phi) is 6.52. The quantitative estimate of drug-likeness (QED) is 0.724. The van der Waals surface area contributed by atoms with Gasteiger partial charge in [0, 0.05) is 24.6 Å². The number of hydrogen-bond donors (Lipinski definition) is 2. The van der Waals surface area contributed by atoms with E-state index in [0.717, 1.165) is 22.6 Å². The minimum absolute atomic E-state index is 0.127. The summed E-state index contributed by atoms with van der Waals surface area (Å²) >= 11 is 1.39. The fraction of sp³-hybridized carbons (Fsp3) is 0.375. The Bertz CT molecular complexity index is 658. The van der Waals surface area contributed by atoms with Gasteiger partial charge in [0.2, 0.25) is 5.91 Å². The van der Waals surface area contributed by atoms with Gasteiger partial charge in [-0.25, -0.2) is 4.98 Å². The zero-order valence-corrected chi connectivity index (χ0v) is 14.3. The van der Waals surface area contributed by atoms with Gasteiger partial charge in [0.25, 0.3) is 0 Å². The minimum atomic E-state index is -0.127. The number of amides is 1. The average molecular weight is 335 g/mol. The van der Waals surface area contributed by atoms with Crippen LogP contribution in [0.4, 0.5) is 5.13 Å². The lowest BCUT2D eigenvalue weighted by atomic mass is 10.1. The van der Waals surface area contributed by atoms with Crippen molar-refractivity contribution in [3.8, 4) is 17.0 Å². The Balaban J connectivity index is 2.01. The molecule has 1 aromatic heterocycles. The van der Waals surface area contributed by atoms with E-state index in [2.05, 4.69) is 15.6 Å². The van der Waals surface area contributed by atoms with Crippen LogP contribution in [-0.2, 0) is 9.53 Å². The summed E-state index contributed by atoms with van der Waals surface area (Å²) in [4.78, 5) is 16.3. The molecule has 0 saturated heterocycles. The van der Waals surface area contributed by atoms with Crippen LogP contribution in [0.2, 0.25) is 0 Å². The number of aromatic nitrogens is 1. The third kappa shape index (κ3) is 5.02. The van der Waals surface area contributed by atoms with Crippen LogP contribution in [0.15, 0.2) is 23.6 Å². The molecule has 1 heterocycles. The summed E-state index contributed by atoms with van der Waals surface area (Å²) in [6.45, 7) is 3.45. The first-order chi connectivity index (χ1) is 11.1. The van der Waals surface area contributed by atoms with Crippen LogP contribution >= 0.6 is 11.3 Å². The largest absolute Gasteiger partial charge is 0.496 e. The smallest absolute Gasteiger partial charge is 0.240 e. The highest BCUT2D eigenvalue weighted by Crippen LogP contribution is 2.32. The Morgan fingerprint density at radius 1 is 1.35 bits per heavy atom. The number of aryl methyl sites for hydroxylation is 1. The summed E-state index contributed by atoms with van der Waals surface area (Å²) in [7, 11) is 3.26. The van der Waals surface area contributed by atoms with E-state index < -0.39 is 0 Å². The number of hydrogen-bond acceptors (Lipinski definition) is 6. The third-order valence-corrected chi connectivity index (χ3v) is 3.91. The van der Waals surface area contributed by atoms with Gasteiger partial charge in [0.05, 0.1) is 26.0 Å². The topological polar surface area (TPSA) is 72.5 Å². The molecule has 1 aromatic carbocycles. The second kappa shape index (κ2) is 8.61.